The van der Waals surface area contributed by atoms with Gasteiger partial charge in [-0.3, -0.25) is 29.0 Å². The van der Waals surface area contributed by atoms with Crippen molar-refractivity contribution in [3.63, 3.8) is 0 Å². The van der Waals surface area contributed by atoms with Crippen LogP contribution in [0.1, 0.15) is 71.1 Å². The predicted octanol–water partition coefficient (Wildman–Crippen LogP) is -0.915. The Kier molecular flexibility index (Phi) is 19.6. The molecule has 0 fully saturated rings. The first kappa shape index (κ1) is 44.1. The van der Waals surface area contributed by atoms with E-state index in [1.165, 1.54) is 19.6 Å². The van der Waals surface area contributed by atoms with Gasteiger partial charge in [-0.25, -0.2) is 4.98 Å². The molecule has 2 aromatic rings. The molecule has 1 aromatic carbocycles. The summed E-state index contributed by atoms with van der Waals surface area (Å²) in [6.07, 6.45) is 5.77. The molecular weight excluding hydrogens is 680 g/mol. The van der Waals surface area contributed by atoms with E-state index >= 15 is 0 Å². The first-order valence-electron chi connectivity index (χ1n) is 18.2. The van der Waals surface area contributed by atoms with E-state index in [-0.39, 0.29) is 43.7 Å². The molecule has 53 heavy (non-hydrogen) atoms. The summed E-state index contributed by atoms with van der Waals surface area (Å²) in [6, 6.07) is 4.48. The maximum atomic E-state index is 13.9. The van der Waals surface area contributed by atoms with Crippen LogP contribution < -0.4 is 49.1 Å². The summed E-state index contributed by atoms with van der Waals surface area (Å²) in [6.45, 7) is 8.08. The fraction of sp³-hybridized carbons (Fsp3) is 0.583. The lowest BCUT2D eigenvalue weighted by atomic mass is 10.00. The van der Waals surface area contributed by atoms with Crippen molar-refractivity contribution in [1.29, 1.82) is 0 Å². The van der Waals surface area contributed by atoms with Crippen molar-refractivity contribution in [2.45, 2.75) is 109 Å². The number of imidazole rings is 1. The SMILES string of the molecule is CNC(=O)[C@H](Cc1ccccc1)NC(=O)[C@H](Cc1cnc[nH]1)NC(=O)[C@@H](NC(=O)[C@H](CCCN=C(N)N)NC(=O)[C@H](CCCCN)NC(C)C)C(C)C. The van der Waals surface area contributed by atoms with E-state index in [4.69, 9.17) is 17.2 Å². The number of benzene rings is 1. The number of nitrogens with zero attached hydrogens (tertiary/aromatic N) is 2. The standard InChI is InChI=1S/C36H60N12O5/c1-22(2)30(48-33(51)27(15-11-17-42-36(38)39)45-32(50)26(44-23(3)4)14-9-10-16-37)35(53)47-29(19-25-20-41-21-43-25)34(52)46-28(31(49)40-5)18-24-12-7-6-8-13-24/h6-8,12-13,20-23,26-30,44H,9-11,14-19,37H2,1-5H3,(H,40,49)(H,41,43)(H,45,50)(H,46,52)(H,47,53)(H,48,51)(H4,38,39,42)/t26-,27-,28-,29-,30-/m0/s1. The average molecular weight is 741 g/mol. The number of hydrogen-bond acceptors (Lipinski definition) is 9. The molecule has 2 rings (SSSR count). The van der Waals surface area contributed by atoms with E-state index in [2.05, 4.69) is 46.9 Å². The third kappa shape index (κ3) is 16.5. The van der Waals surface area contributed by atoms with Crippen molar-refractivity contribution in [3.05, 3.63) is 54.1 Å². The molecular formula is C36H60N12O5. The van der Waals surface area contributed by atoms with Gasteiger partial charge in [-0.2, -0.15) is 0 Å². The molecule has 0 aliphatic carbocycles. The summed E-state index contributed by atoms with van der Waals surface area (Å²) in [5.74, 6) is -3.09. The molecule has 0 bridgehead atoms. The van der Waals surface area contributed by atoms with Crippen molar-refractivity contribution in [2.24, 2.45) is 28.1 Å². The maximum Gasteiger partial charge on any atom is 0.243 e. The van der Waals surface area contributed by atoms with Crippen LogP contribution in [0.25, 0.3) is 0 Å². The summed E-state index contributed by atoms with van der Waals surface area (Å²) < 4.78 is 0. The number of carbonyl (C=O) groups is 5. The van der Waals surface area contributed by atoms with E-state index in [1.807, 2.05) is 44.2 Å². The quantitative estimate of drug-likeness (QED) is 0.0359. The lowest BCUT2D eigenvalue weighted by Crippen LogP contribution is -2.60. The van der Waals surface area contributed by atoms with Crippen LogP contribution in [0.3, 0.4) is 0 Å². The zero-order chi connectivity index (χ0) is 39.3. The summed E-state index contributed by atoms with van der Waals surface area (Å²) in [4.78, 5) is 78.9. The van der Waals surface area contributed by atoms with Gasteiger partial charge in [-0.15, -0.1) is 0 Å². The number of likely N-dealkylation sites (N-methyl/N-ethyl adjacent to an activating group) is 1. The third-order valence-electron chi connectivity index (χ3n) is 8.40. The summed E-state index contributed by atoms with van der Waals surface area (Å²) >= 11 is 0. The lowest BCUT2D eigenvalue weighted by Gasteiger charge is -2.29. The van der Waals surface area contributed by atoms with Gasteiger partial charge in [0, 0.05) is 44.4 Å². The molecule has 17 nitrogen and oxygen atoms in total. The predicted molar refractivity (Wildman–Crippen MR) is 204 cm³/mol. The highest BCUT2D eigenvalue weighted by Crippen LogP contribution is 2.10. The Morgan fingerprint density at radius 3 is 1.94 bits per heavy atom. The van der Waals surface area contributed by atoms with Crippen molar-refractivity contribution in [1.82, 2.24) is 41.9 Å². The highest BCUT2D eigenvalue weighted by atomic mass is 16.2. The highest BCUT2D eigenvalue weighted by molar-refractivity contribution is 5.96. The number of hydrogen-bond donors (Lipinski definition) is 10. The van der Waals surface area contributed by atoms with Crippen LogP contribution in [-0.4, -0.2) is 102 Å². The van der Waals surface area contributed by atoms with Crippen LogP contribution in [0.5, 0.6) is 0 Å². The van der Waals surface area contributed by atoms with Gasteiger partial charge >= 0.3 is 0 Å². The van der Waals surface area contributed by atoms with Gasteiger partial charge in [0.1, 0.15) is 24.2 Å². The van der Waals surface area contributed by atoms with E-state index in [0.717, 1.165) is 12.0 Å². The molecule has 0 saturated heterocycles. The van der Waals surface area contributed by atoms with Gasteiger partial charge in [0.2, 0.25) is 29.5 Å². The number of aromatic amines is 1. The van der Waals surface area contributed by atoms with E-state index in [1.54, 1.807) is 13.8 Å². The number of nitrogens with two attached hydrogens (primary N) is 3. The minimum atomic E-state index is -1.14. The first-order valence-corrected chi connectivity index (χ1v) is 18.2. The van der Waals surface area contributed by atoms with E-state index < -0.39 is 59.8 Å². The Balaban J connectivity index is 2.30. The Morgan fingerprint density at radius 1 is 0.755 bits per heavy atom. The van der Waals surface area contributed by atoms with Crippen molar-refractivity contribution >= 4 is 35.5 Å². The minimum Gasteiger partial charge on any atom is -0.370 e. The van der Waals surface area contributed by atoms with Crippen LogP contribution in [0.4, 0.5) is 0 Å². The van der Waals surface area contributed by atoms with Crippen LogP contribution in [0.15, 0.2) is 47.8 Å². The molecule has 294 valence electrons. The van der Waals surface area contributed by atoms with Crippen molar-refractivity contribution in [2.75, 3.05) is 20.1 Å². The number of aromatic nitrogens is 2. The van der Waals surface area contributed by atoms with Crippen LogP contribution in [0.2, 0.25) is 0 Å². The highest BCUT2D eigenvalue weighted by Gasteiger charge is 2.33. The minimum absolute atomic E-state index is 0.00339. The van der Waals surface area contributed by atoms with Gasteiger partial charge in [-0.1, -0.05) is 64.4 Å². The molecule has 0 unspecified atom stereocenters. The zero-order valence-corrected chi connectivity index (χ0v) is 31.6. The molecule has 1 heterocycles. The molecule has 5 amide bonds. The number of rotatable bonds is 24. The maximum absolute atomic E-state index is 13.9. The fourth-order valence-corrected chi connectivity index (χ4v) is 5.61. The van der Waals surface area contributed by atoms with Crippen LogP contribution in [-0.2, 0) is 36.8 Å². The molecule has 0 spiro atoms. The molecule has 13 N–H and O–H groups in total. The molecule has 5 atom stereocenters. The van der Waals surface area contributed by atoms with Gasteiger partial charge in [0.25, 0.3) is 0 Å². The number of aliphatic imine (C=N–C) groups is 1. The van der Waals surface area contributed by atoms with Crippen molar-refractivity contribution < 1.29 is 24.0 Å². The number of H-pyrrole nitrogens is 1. The summed E-state index contributed by atoms with van der Waals surface area (Å²) in [5.41, 5.74) is 18.0. The first-order chi connectivity index (χ1) is 25.2. The Labute approximate surface area is 312 Å². The zero-order valence-electron chi connectivity index (χ0n) is 31.6. The van der Waals surface area contributed by atoms with Crippen LogP contribution in [0, 0.1) is 5.92 Å². The Hall–Kier alpha value is -5.03. The average Bonchev–Trinajstić information content (AvgIpc) is 3.63. The Bertz CT molecular complexity index is 1450. The molecule has 0 aliphatic heterocycles. The van der Waals surface area contributed by atoms with E-state index in [9.17, 15) is 24.0 Å². The van der Waals surface area contributed by atoms with Gasteiger partial charge in [0.05, 0.1) is 12.4 Å². The van der Waals surface area contributed by atoms with Gasteiger partial charge in [0.15, 0.2) is 5.96 Å². The summed E-state index contributed by atoms with van der Waals surface area (Å²) in [5, 5.41) is 17.1. The molecule has 17 heteroatoms. The topological polar surface area (TPSA) is 277 Å². The second kappa shape index (κ2) is 23.5. The van der Waals surface area contributed by atoms with Crippen LogP contribution >= 0.6 is 0 Å². The second-order valence-corrected chi connectivity index (χ2v) is 13.6. The lowest BCUT2D eigenvalue weighted by molar-refractivity contribution is -0.135. The molecule has 0 saturated carbocycles. The van der Waals surface area contributed by atoms with E-state index in [0.29, 0.717) is 31.5 Å². The van der Waals surface area contributed by atoms with Crippen molar-refractivity contribution in [3.8, 4) is 0 Å². The number of guanidine groups is 1. The molecule has 0 radical (unpaired) electrons. The number of unbranched alkanes of at least 4 members (excludes halogenated alkanes) is 1. The van der Waals surface area contributed by atoms with Gasteiger partial charge in [-0.05, 0) is 43.7 Å². The largest absolute Gasteiger partial charge is 0.370 e. The normalized spacial score (nSPS) is 14.0. The number of nitrogens with one attached hydrogen (secondary N) is 7. The molecule has 0 aliphatic rings. The van der Waals surface area contributed by atoms with Gasteiger partial charge < -0.3 is 54.1 Å². The smallest absolute Gasteiger partial charge is 0.243 e. The number of amides is 5. The number of carbonyl (C=O) groups excluding carboxylic acids is 5. The molecule has 1 aromatic heterocycles. The Morgan fingerprint density at radius 2 is 1.36 bits per heavy atom. The third-order valence-corrected chi connectivity index (χ3v) is 8.40. The monoisotopic (exact) mass is 740 g/mol. The summed E-state index contributed by atoms with van der Waals surface area (Å²) in [7, 11) is 1.48. The fourth-order valence-electron chi connectivity index (χ4n) is 5.61. The second-order valence-electron chi connectivity index (χ2n) is 13.6.